The monoisotopic (exact) mass is 369 g/mol. The molecule has 7 heteroatoms. The number of carbonyl (C=O) groups excluding carboxylic acids is 2. The molecule has 2 amide bonds. The molecular formula is C19H19N3O3S. The van der Waals surface area contributed by atoms with Gasteiger partial charge in [-0.3, -0.25) is 9.59 Å². The Hall–Kier alpha value is -2.67. The van der Waals surface area contributed by atoms with Crippen molar-refractivity contribution in [3.8, 4) is 0 Å². The van der Waals surface area contributed by atoms with Gasteiger partial charge in [-0.05, 0) is 38.0 Å². The van der Waals surface area contributed by atoms with E-state index in [0.717, 1.165) is 23.8 Å². The van der Waals surface area contributed by atoms with Crippen LogP contribution in [0.3, 0.4) is 0 Å². The second-order valence-corrected chi connectivity index (χ2v) is 7.46. The van der Waals surface area contributed by atoms with E-state index in [1.807, 2.05) is 30.5 Å². The summed E-state index contributed by atoms with van der Waals surface area (Å²) in [5.74, 6) is -0.155. The van der Waals surface area contributed by atoms with E-state index in [0.29, 0.717) is 29.6 Å². The van der Waals surface area contributed by atoms with Gasteiger partial charge in [-0.15, -0.1) is 11.3 Å². The number of thiazole rings is 1. The molecule has 134 valence electrons. The zero-order valence-electron chi connectivity index (χ0n) is 14.4. The lowest BCUT2D eigenvalue weighted by atomic mass is 9.97. The van der Waals surface area contributed by atoms with Crippen LogP contribution in [0.2, 0.25) is 0 Å². The summed E-state index contributed by atoms with van der Waals surface area (Å²) in [6.45, 7) is 3.03. The number of carbonyl (C=O) groups is 2. The molecule has 0 aliphatic carbocycles. The molecule has 1 unspecified atom stereocenters. The first kappa shape index (κ1) is 16.8. The van der Waals surface area contributed by atoms with Crippen LogP contribution in [0.25, 0.3) is 11.0 Å². The van der Waals surface area contributed by atoms with E-state index >= 15 is 0 Å². The van der Waals surface area contributed by atoms with Gasteiger partial charge in [0.25, 0.3) is 5.91 Å². The van der Waals surface area contributed by atoms with Crippen LogP contribution < -0.4 is 5.32 Å². The highest BCUT2D eigenvalue weighted by Gasteiger charge is 2.30. The van der Waals surface area contributed by atoms with Crippen molar-refractivity contribution in [2.45, 2.75) is 19.8 Å². The van der Waals surface area contributed by atoms with Gasteiger partial charge in [0.1, 0.15) is 5.58 Å². The number of benzene rings is 1. The number of likely N-dealkylation sites (tertiary alicyclic amines) is 1. The summed E-state index contributed by atoms with van der Waals surface area (Å²) in [7, 11) is 0. The first-order valence-electron chi connectivity index (χ1n) is 8.60. The first-order valence-corrected chi connectivity index (χ1v) is 9.48. The summed E-state index contributed by atoms with van der Waals surface area (Å²) in [6, 6.07) is 7.61. The molecule has 0 bridgehead atoms. The largest absolute Gasteiger partial charge is 0.451 e. The van der Waals surface area contributed by atoms with Gasteiger partial charge in [0.15, 0.2) is 10.9 Å². The normalized spacial score (nSPS) is 17.4. The van der Waals surface area contributed by atoms with E-state index in [-0.39, 0.29) is 17.7 Å². The Balaban J connectivity index is 1.47. The van der Waals surface area contributed by atoms with Crippen LogP contribution in [0.5, 0.6) is 0 Å². The summed E-state index contributed by atoms with van der Waals surface area (Å²) in [5.41, 5.74) is 1.82. The lowest BCUT2D eigenvalue weighted by molar-refractivity contribution is -0.121. The van der Waals surface area contributed by atoms with Crippen molar-refractivity contribution in [1.82, 2.24) is 9.88 Å². The maximum Gasteiger partial charge on any atom is 0.289 e. The number of piperidine rings is 1. The van der Waals surface area contributed by atoms with Crippen LogP contribution in [0.4, 0.5) is 5.13 Å². The standard InChI is InChI=1S/C19H19N3O3S/c1-12-4-5-15-14(9-12)10-16(25-15)18(24)22-7-2-3-13(11-22)17(23)21-19-20-6-8-26-19/h4-6,8-10,13H,2-3,7,11H2,1H3,(H,20,21,23). The van der Waals surface area contributed by atoms with Crippen LogP contribution in [0, 0.1) is 12.8 Å². The Morgan fingerprint density at radius 2 is 2.23 bits per heavy atom. The number of furan rings is 1. The van der Waals surface area contributed by atoms with Crippen molar-refractivity contribution in [3.63, 3.8) is 0 Å². The molecule has 0 radical (unpaired) electrons. The number of rotatable bonds is 3. The fraction of sp³-hybridized carbons (Fsp3) is 0.316. The average Bonchev–Trinajstić information content (AvgIpc) is 3.30. The minimum atomic E-state index is -0.233. The molecule has 4 rings (SSSR count). The quantitative estimate of drug-likeness (QED) is 0.764. The van der Waals surface area contributed by atoms with Gasteiger partial charge < -0.3 is 14.6 Å². The van der Waals surface area contributed by atoms with Gasteiger partial charge in [-0.25, -0.2) is 4.98 Å². The van der Waals surface area contributed by atoms with Crippen molar-refractivity contribution < 1.29 is 14.0 Å². The summed E-state index contributed by atoms with van der Waals surface area (Å²) in [6.07, 6.45) is 3.21. The number of aryl methyl sites for hydroxylation is 1. The fourth-order valence-electron chi connectivity index (χ4n) is 3.29. The summed E-state index contributed by atoms with van der Waals surface area (Å²) >= 11 is 1.38. The summed E-state index contributed by atoms with van der Waals surface area (Å²) < 4.78 is 5.72. The number of anilines is 1. The number of aromatic nitrogens is 1. The lowest BCUT2D eigenvalue weighted by Gasteiger charge is -2.31. The fourth-order valence-corrected chi connectivity index (χ4v) is 3.82. The molecular weight excluding hydrogens is 350 g/mol. The van der Waals surface area contributed by atoms with Crippen LogP contribution >= 0.6 is 11.3 Å². The molecule has 1 atom stereocenters. The summed E-state index contributed by atoms with van der Waals surface area (Å²) in [4.78, 5) is 31.1. The predicted molar refractivity (Wildman–Crippen MR) is 100 cm³/mol. The van der Waals surface area contributed by atoms with Crippen molar-refractivity contribution >= 4 is 39.3 Å². The van der Waals surface area contributed by atoms with Crippen LogP contribution in [-0.4, -0.2) is 34.8 Å². The Morgan fingerprint density at radius 1 is 1.35 bits per heavy atom. The molecule has 1 fully saturated rings. The maximum atomic E-state index is 12.8. The number of nitrogens with zero attached hydrogens (tertiary/aromatic N) is 2. The highest BCUT2D eigenvalue weighted by Crippen LogP contribution is 2.25. The molecule has 0 saturated carbocycles. The van der Waals surface area contributed by atoms with Gasteiger partial charge in [-0.1, -0.05) is 11.6 Å². The molecule has 6 nitrogen and oxygen atoms in total. The molecule has 1 aliphatic heterocycles. The number of fused-ring (bicyclic) bond motifs is 1. The van der Waals surface area contributed by atoms with Crippen molar-refractivity contribution in [2.75, 3.05) is 18.4 Å². The average molecular weight is 369 g/mol. The molecule has 0 spiro atoms. The van der Waals surface area contributed by atoms with E-state index in [4.69, 9.17) is 4.42 Å². The Labute approximate surface area is 154 Å². The molecule has 1 N–H and O–H groups in total. The number of hydrogen-bond donors (Lipinski definition) is 1. The maximum absolute atomic E-state index is 12.8. The Bertz CT molecular complexity index is 948. The van der Waals surface area contributed by atoms with Crippen molar-refractivity contribution in [3.05, 3.63) is 47.2 Å². The Morgan fingerprint density at radius 3 is 3.04 bits per heavy atom. The van der Waals surface area contributed by atoms with E-state index in [1.165, 1.54) is 11.3 Å². The molecule has 3 aromatic rings. The van der Waals surface area contributed by atoms with Crippen LogP contribution in [-0.2, 0) is 4.79 Å². The number of hydrogen-bond acceptors (Lipinski definition) is 5. The highest BCUT2D eigenvalue weighted by molar-refractivity contribution is 7.13. The zero-order valence-corrected chi connectivity index (χ0v) is 15.2. The first-order chi connectivity index (χ1) is 12.6. The molecule has 1 aromatic carbocycles. The third-order valence-electron chi connectivity index (χ3n) is 4.62. The Kier molecular flexibility index (Phi) is 4.46. The smallest absolute Gasteiger partial charge is 0.289 e. The van der Waals surface area contributed by atoms with Crippen LogP contribution in [0.15, 0.2) is 40.3 Å². The van der Waals surface area contributed by atoms with Crippen molar-refractivity contribution in [1.29, 1.82) is 0 Å². The minimum Gasteiger partial charge on any atom is -0.451 e. The number of amides is 2. The highest BCUT2D eigenvalue weighted by atomic mass is 32.1. The van der Waals surface area contributed by atoms with Gasteiger partial charge in [0, 0.05) is 30.1 Å². The molecule has 26 heavy (non-hydrogen) atoms. The van der Waals surface area contributed by atoms with E-state index in [2.05, 4.69) is 10.3 Å². The third-order valence-corrected chi connectivity index (χ3v) is 5.31. The van der Waals surface area contributed by atoms with Gasteiger partial charge in [0.2, 0.25) is 5.91 Å². The minimum absolute atomic E-state index is 0.0855. The lowest BCUT2D eigenvalue weighted by Crippen LogP contribution is -2.43. The summed E-state index contributed by atoms with van der Waals surface area (Å²) in [5, 5.41) is 6.15. The molecule has 1 saturated heterocycles. The zero-order chi connectivity index (χ0) is 18.1. The van der Waals surface area contributed by atoms with Gasteiger partial charge in [-0.2, -0.15) is 0 Å². The van der Waals surface area contributed by atoms with Crippen LogP contribution in [0.1, 0.15) is 29.0 Å². The molecule has 3 heterocycles. The second kappa shape index (κ2) is 6.92. The van der Waals surface area contributed by atoms with E-state index < -0.39 is 0 Å². The number of nitrogens with one attached hydrogen (secondary N) is 1. The van der Waals surface area contributed by atoms with Gasteiger partial charge >= 0.3 is 0 Å². The SMILES string of the molecule is Cc1ccc2oc(C(=O)N3CCCC(C(=O)Nc4nccs4)C3)cc2c1. The van der Waals surface area contributed by atoms with E-state index in [9.17, 15) is 9.59 Å². The molecule has 1 aliphatic rings. The van der Waals surface area contributed by atoms with Gasteiger partial charge in [0.05, 0.1) is 5.92 Å². The topological polar surface area (TPSA) is 75.4 Å². The molecule has 2 aromatic heterocycles. The predicted octanol–water partition coefficient (Wildman–Crippen LogP) is 3.69. The second-order valence-electron chi connectivity index (χ2n) is 6.57. The van der Waals surface area contributed by atoms with Crippen molar-refractivity contribution in [2.24, 2.45) is 5.92 Å². The van der Waals surface area contributed by atoms with E-state index in [1.54, 1.807) is 17.2 Å². The third kappa shape index (κ3) is 3.35.